The second kappa shape index (κ2) is 9.63. The summed E-state index contributed by atoms with van der Waals surface area (Å²) in [5.41, 5.74) is 0.298. The van der Waals surface area contributed by atoms with Gasteiger partial charge in [0.2, 0.25) is 0 Å². The SMILES string of the molecule is C[C@H](O)C(=O)N1CCC(C)(NC(=O)c2cc(-c3ccc(Cl)cc3)nn(-c3cnn(C)c3)c2=O)CC1. The van der Waals surface area contributed by atoms with E-state index in [0.717, 1.165) is 4.68 Å². The van der Waals surface area contributed by atoms with E-state index in [0.29, 0.717) is 47.9 Å². The number of likely N-dealkylation sites (tertiary alicyclic amines) is 1. The molecule has 1 atom stereocenters. The van der Waals surface area contributed by atoms with Crippen LogP contribution in [0.4, 0.5) is 0 Å². The van der Waals surface area contributed by atoms with Crippen LogP contribution in [0.1, 0.15) is 37.0 Å². The molecule has 0 unspecified atom stereocenters. The smallest absolute Gasteiger partial charge is 0.284 e. The van der Waals surface area contributed by atoms with Crippen LogP contribution in [-0.4, -0.2) is 66.1 Å². The van der Waals surface area contributed by atoms with Gasteiger partial charge < -0.3 is 15.3 Å². The number of aromatic nitrogens is 4. The summed E-state index contributed by atoms with van der Waals surface area (Å²) in [6.07, 6.45) is 3.05. The van der Waals surface area contributed by atoms with Crippen LogP contribution in [0.2, 0.25) is 5.02 Å². The number of rotatable bonds is 5. The van der Waals surface area contributed by atoms with E-state index in [2.05, 4.69) is 15.5 Å². The molecular formula is C24H27ClN6O4. The molecule has 1 fully saturated rings. The molecule has 2 N–H and O–H groups in total. The van der Waals surface area contributed by atoms with Crippen LogP contribution >= 0.6 is 11.6 Å². The molecule has 0 spiro atoms. The van der Waals surface area contributed by atoms with Gasteiger partial charge in [0, 0.05) is 36.3 Å². The van der Waals surface area contributed by atoms with Crippen LogP contribution in [0.15, 0.2) is 47.5 Å². The lowest BCUT2D eigenvalue weighted by Crippen LogP contribution is -2.56. The number of aliphatic hydroxyl groups is 1. The summed E-state index contributed by atoms with van der Waals surface area (Å²) in [7, 11) is 1.72. The van der Waals surface area contributed by atoms with E-state index in [9.17, 15) is 19.5 Å². The highest BCUT2D eigenvalue weighted by atomic mass is 35.5. The largest absolute Gasteiger partial charge is 0.384 e. The number of piperidine rings is 1. The summed E-state index contributed by atoms with van der Waals surface area (Å²) in [5, 5.41) is 21.7. The van der Waals surface area contributed by atoms with Crippen molar-refractivity contribution in [1.29, 1.82) is 0 Å². The van der Waals surface area contributed by atoms with Gasteiger partial charge in [0.05, 0.1) is 18.1 Å². The second-order valence-corrected chi connectivity index (χ2v) is 9.49. The molecule has 0 radical (unpaired) electrons. The summed E-state index contributed by atoms with van der Waals surface area (Å²) < 4.78 is 2.71. The molecule has 10 nitrogen and oxygen atoms in total. The van der Waals surface area contributed by atoms with Crippen LogP contribution in [0.3, 0.4) is 0 Å². The van der Waals surface area contributed by atoms with Crippen LogP contribution in [0, 0.1) is 0 Å². The highest BCUT2D eigenvalue weighted by molar-refractivity contribution is 6.30. The van der Waals surface area contributed by atoms with Gasteiger partial charge in [0.25, 0.3) is 17.4 Å². The molecule has 1 saturated heterocycles. The Morgan fingerprint density at radius 1 is 1.20 bits per heavy atom. The minimum Gasteiger partial charge on any atom is -0.384 e. The number of benzene rings is 1. The first kappa shape index (κ1) is 24.6. The highest BCUT2D eigenvalue weighted by Gasteiger charge is 2.35. The molecule has 1 aliphatic heterocycles. The summed E-state index contributed by atoms with van der Waals surface area (Å²) in [6, 6.07) is 8.42. The number of hydrogen-bond donors (Lipinski definition) is 2. The monoisotopic (exact) mass is 498 g/mol. The molecule has 1 aliphatic rings. The molecule has 35 heavy (non-hydrogen) atoms. The number of aryl methyl sites for hydroxylation is 1. The van der Waals surface area contributed by atoms with Crippen molar-refractivity contribution in [3.05, 3.63) is 63.7 Å². The first-order chi connectivity index (χ1) is 16.6. The Balaban J connectivity index is 1.66. The van der Waals surface area contributed by atoms with Crippen molar-refractivity contribution in [2.75, 3.05) is 13.1 Å². The molecule has 0 aliphatic carbocycles. The van der Waals surface area contributed by atoms with Crippen molar-refractivity contribution in [2.45, 2.75) is 38.3 Å². The third kappa shape index (κ3) is 5.28. The molecule has 4 rings (SSSR count). The fourth-order valence-corrected chi connectivity index (χ4v) is 4.19. The molecule has 2 aromatic heterocycles. The third-order valence-electron chi connectivity index (χ3n) is 6.18. The van der Waals surface area contributed by atoms with E-state index >= 15 is 0 Å². The number of halogens is 1. The maximum atomic E-state index is 13.4. The first-order valence-electron chi connectivity index (χ1n) is 11.2. The predicted molar refractivity (Wildman–Crippen MR) is 130 cm³/mol. The fraction of sp³-hybridized carbons (Fsp3) is 0.375. The van der Waals surface area contributed by atoms with Crippen molar-refractivity contribution < 1.29 is 14.7 Å². The zero-order valence-corrected chi connectivity index (χ0v) is 20.5. The number of carbonyl (C=O) groups excluding carboxylic acids is 2. The first-order valence-corrected chi connectivity index (χ1v) is 11.6. The summed E-state index contributed by atoms with van der Waals surface area (Å²) in [5.74, 6) is -0.859. The molecule has 3 heterocycles. The molecule has 0 saturated carbocycles. The van der Waals surface area contributed by atoms with E-state index in [1.54, 1.807) is 47.1 Å². The minimum absolute atomic E-state index is 0.0579. The van der Waals surface area contributed by atoms with E-state index < -0.39 is 23.1 Å². The maximum absolute atomic E-state index is 13.4. The zero-order valence-electron chi connectivity index (χ0n) is 19.7. The van der Waals surface area contributed by atoms with Crippen LogP contribution in [0.5, 0.6) is 0 Å². The van der Waals surface area contributed by atoms with Gasteiger partial charge >= 0.3 is 0 Å². The van der Waals surface area contributed by atoms with Gasteiger partial charge in [-0.05, 0) is 44.9 Å². The third-order valence-corrected chi connectivity index (χ3v) is 6.44. The normalized spacial score (nSPS) is 16.1. The molecule has 1 aromatic carbocycles. The Kier molecular flexibility index (Phi) is 6.77. The summed E-state index contributed by atoms with van der Waals surface area (Å²) >= 11 is 6.02. The van der Waals surface area contributed by atoms with Crippen LogP contribution in [0.25, 0.3) is 16.9 Å². The lowest BCUT2D eigenvalue weighted by atomic mass is 9.89. The quantitative estimate of drug-likeness (QED) is 0.553. The summed E-state index contributed by atoms with van der Waals surface area (Å²) in [6.45, 7) is 4.11. The Morgan fingerprint density at radius 2 is 1.86 bits per heavy atom. The van der Waals surface area contributed by atoms with Gasteiger partial charge in [0.1, 0.15) is 17.4 Å². The standard InChI is InChI=1S/C24H27ClN6O4/c1-15(32)22(34)30-10-8-24(2,9-11-30)27-21(33)19-12-20(16-4-6-17(25)7-5-16)28-31(23(19)35)18-13-26-29(3)14-18/h4-7,12-15,32H,8-11H2,1-3H3,(H,27,33)/t15-/m0/s1. The lowest BCUT2D eigenvalue weighted by Gasteiger charge is -2.40. The number of nitrogens with one attached hydrogen (secondary N) is 1. The number of aliphatic hydroxyl groups excluding tert-OH is 1. The topological polar surface area (TPSA) is 122 Å². The van der Waals surface area contributed by atoms with Crippen molar-refractivity contribution in [3.63, 3.8) is 0 Å². The van der Waals surface area contributed by atoms with E-state index in [4.69, 9.17) is 11.6 Å². The van der Waals surface area contributed by atoms with Crippen molar-refractivity contribution >= 4 is 23.4 Å². The summed E-state index contributed by atoms with van der Waals surface area (Å²) in [4.78, 5) is 40.4. The Bertz CT molecular complexity index is 1310. The molecule has 184 valence electrons. The lowest BCUT2D eigenvalue weighted by molar-refractivity contribution is -0.140. The second-order valence-electron chi connectivity index (χ2n) is 9.06. The number of amides is 2. The van der Waals surface area contributed by atoms with Crippen LogP contribution in [-0.2, 0) is 11.8 Å². The highest BCUT2D eigenvalue weighted by Crippen LogP contribution is 2.24. The fourth-order valence-electron chi connectivity index (χ4n) is 4.06. The molecule has 11 heteroatoms. The van der Waals surface area contributed by atoms with Gasteiger partial charge in [-0.2, -0.15) is 14.9 Å². The molecule has 0 bridgehead atoms. The maximum Gasteiger partial charge on any atom is 0.284 e. The van der Waals surface area contributed by atoms with Crippen molar-refractivity contribution in [3.8, 4) is 16.9 Å². The molecular weight excluding hydrogens is 472 g/mol. The van der Waals surface area contributed by atoms with Gasteiger partial charge in [0.15, 0.2) is 0 Å². The van der Waals surface area contributed by atoms with E-state index in [1.165, 1.54) is 19.2 Å². The average molecular weight is 499 g/mol. The predicted octanol–water partition coefficient (Wildman–Crippen LogP) is 1.78. The van der Waals surface area contributed by atoms with Crippen LogP contribution < -0.4 is 10.9 Å². The average Bonchev–Trinajstić information content (AvgIpc) is 3.25. The molecule has 3 aromatic rings. The number of nitrogens with zero attached hydrogens (tertiary/aromatic N) is 5. The zero-order chi connectivity index (χ0) is 25.3. The Hall–Kier alpha value is -3.50. The van der Waals surface area contributed by atoms with Gasteiger partial charge in [-0.15, -0.1) is 0 Å². The minimum atomic E-state index is -1.07. The van der Waals surface area contributed by atoms with Gasteiger partial charge in [-0.1, -0.05) is 23.7 Å². The Morgan fingerprint density at radius 3 is 2.43 bits per heavy atom. The van der Waals surface area contributed by atoms with Gasteiger partial charge in [-0.3, -0.25) is 19.1 Å². The Labute approximate surface area is 207 Å². The number of hydrogen-bond acceptors (Lipinski definition) is 6. The number of carbonyl (C=O) groups is 2. The van der Waals surface area contributed by atoms with E-state index in [-0.39, 0.29) is 11.5 Å². The molecule has 2 amide bonds. The van der Waals surface area contributed by atoms with Crippen molar-refractivity contribution in [1.82, 2.24) is 29.8 Å². The van der Waals surface area contributed by atoms with Gasteiger partial charge in [-0.25, -0.2) is 0 Å². The van der Waals surface area contributed by atoms with Crippen molar-refractivity contribution in [2.24, 2.45) is 7.05 Å². The van der Waals surface area contributed by atoms with E-state index in [1.807, 2.05) is 6.92 Å².